The van der Waals surface area contributed by atoms with Crippen LogP contribution >= 0.6 is 0 Å². The lowest BCUT2D eigenvalue weighted by Gasteiger charge is -2.28. The Morgan fingerprint density at radius 2 is 1.59 bits per heavy atom. The van der Waals surface area contributed by atoms with Gasteiger partial charge < -0.3 is 29.1 Å². The molecule has 1 unspecified atom stereocenters. The molecule has 216 valence electrons. The number of ether oxygens (including phenoxy) is 3. The fourth-order valence-electron chi connectivity index (χ4n) is 5.14. The van der Waals surface area contributed by atoms with Crippen LogP contribution in [0.25, 0.3) is 5.76 Å². The predicted molar refractivity (Wildman–Crippen MR) is 158 cm³/mol. The summed E-state index contributed by atoms with van der Waals surface area (Å²) in [5.41, 5.74) is 2.92. The van der Waals surface area contributed by atoms with E-state index < -0.39 is 17.7 Å². The van der Waals surface area contributed by atoms with Gasteiger partial charge in [-0.05, 0) is 67.0 Å². The molecule has 0 spiro atoms. The number of likely N-dealkylation sites (tertiary alicyclic amines) is 1. The van der Waals surface area contributed by atoms with Gasteiger partial charge in [-0.15, -0.1) is 0 Å². The number of methoxy groups -OCH3 is 2. The predicted octanol–water partition coefficient (Wildman–Crippen LogP) is 5.35. The highest BCUT2D eigenvalue weighted by atomic mass is 16.5. The third-order valence-electron chi connectivity index (χ3n) is 7.50. The highest BCUT2D eigenvalue weighted by Gasteiger charge is 2.46. The molecule has 0 aromatic heterocycles. The highest BCUT2D eigenvalue weighted by molar-refractivity contribution is 6.46. The Kier molecular flexibility index (Phi) is 9.68. The number of carbonyl (C=O) groups is 2. The van der Waals surface area contributed by atoms with E-state index in [1.54, 1.807) is 49.5 Å². The molecule has 0 aliphatic carbocycles. The summed E-state index contributed by atoms with van der Waals surface area (Å²) in [5.74, 6) is 0.0710. The minimum Gasteiger partial charge on any atom is -0.507 e. The summed E-state index contributed by atoms with van der Waals surface area (Å²) in [6.45, 7) is 8.87. The van der Waals surface area contributed by atoms with E-state index in [9.17, 15) is 14.7 Å². The summed E-state index contributed by atoms with van der Waals surface area (Å²) in [6, 6.07) is 19.5. The minimum absolute atomic E-state index is 0.0409. The van der Waals surface area contributed by atoms with E-state index in [-0.39, 0.29) is 11.3 Å². The number of aliphatic hydroxyl groups excluding tert-OH is 1. The summed E-state index contributed by atoms with van der Waals surface area (Å²) < 4.78 is 17.1. The quantitative estimate of drug-likeness (QED) is 0.182. The van der Waals surface area contributed by atoms with Crippen molar-refractivity contribution >= 4 is 17.4 Å². The number of amides is 1. The molecule has 1 fully saturated rings. The van der Waals surface area contributed by atoms with E-state index >= 15 is 0 Å². The normalized spacial score (nSPS) is 16.3. The van der Waals surface area contributed by atoms with Crippen molar-refractivity contribution in [3.8, 4) is 17.2 Å². The van der Waals surface area contributed by atoms with Crippen molar-refractivity contribution in [2.45, 2.75) is 33.4 Å². The SMILES string of the molecule is CCN(CC)CCN1C(=O)C(=O)/C(=C(/O)c2ccc(OC)c(C)c2)C1c1ccc(OCc2ccccc2)c(OC)c1. The Balaban J connectivity index is 1.77. The smallest absolute Gasteiger partial charge is 0.295 e. The molecule has 4 rings (SSSR count). The Hall–Kier alpha value is -4.30. The molecule has 8 nitrogen and oxygen atoms in total. The second-order valence-corrected chi connectivity index (χ2v) is 9.89. The van der Waals surface area contributed by atoms with Gasteiger partial charge in [0, 0.05) is 18.7 Å². The van der Waals surface area contributed by atoms with Crippen LogP contribution in [0.3, 0.4) is 0 Å². The zero-order valence-corrected chi connectivity index (χ0v) is 24.3. The van der Waals surface area contributed by atoms with Gasteiger partial charge in [-0.2, -0.15) is 0 Å². The number of aryl methyl sites for hydroxylation is 1. The molecule has 8 heteroatoms. The maximum atomic E-state index is 13.5. The first-order valence-corrected chi connectivity index (χ1v) is 13.8. The van der Waals surface area contributed by atoms with Gasteiger partial charge in [-0.25, -0.2) is 0 Å². The van der Waals surface area contributed by atoms with Crippen molar-refractivity contribution in [3.63, 3.8) is 0 Å². The zero-order valence-electron chi connectivity index (χ0n) is 24.3. The van der Waals surface area contributed by atoms with Gasteiger partial charge in [0.25, 0.3) is 11.7 Å². The van der Waals surface area contributed by atoms with Crippen LogP contribution in [-0.2, 0) is 16.2 Å². The standard InChI is InChI=1S/C33H38N2O6/c1-6-34(7-2)17-18-35-30(24-13-16-27(28(20-24)40-5)41-21-23-11-9-8-10-12-23)29(32(37)33(35)38)31(36)25-14-15-26(39-4)22(3)19-25/h8-16,19-20,30,36H,6-7,17-18,21H2,1-5H3/b31-29+. The number of ketones is 1. The first-order chi connectivity index (χ1) is 19.8. The van der Waals surface area contributed by atoms with Crippen molar-refractivity contribution in [2.24, 2.45) is 0 Å². The van der Waals surface area contributed by atoms with Crippen LogP contribution in [0.15, 0.2) is 72.3 Å². The van der Waals surface area contributed by atoms with Gasteiger partial charge in [0.1, 0.15) is 18.1 Å². The van der Waals surface area contributed by atoms with E-state index in [1.807, 2.05) is 43.3 Å². The van der Waals surface area contributed by atoms with E-state index in [0.29, 0.717) is 48.1 Å². The summed E-state index contributed by atoms with van der Waals surface area (Å²) in [6.07, 6.45) is 0. The molecular weight excluding hydrogens is 520 g/mol. The van der Waals surface area contributed by atoms with E-state index in [0.717, 1.165) is 24.2 Å². The Morgan fingerprint density at radius 1 is 0.902 bits per heavy atom. The molecule has 1 amide bonds. The molecule has 1 atom stereocenters. The molecule has 3 aromatic carbocycles. The number of nitrogens with zero attached hydrogens (tertiary/aromatic N) is 2. The summed E-state index contributed by atoms with van der Waals surface area (Å²) >= 11 is 0. The first-order valence-electron chi connectivity index (χ1n) is 13.8. The van der Waals surface area contributed by atoms with Gasteiger partial charge >= 0.3 is 0 Å². The second-order valence-electron chi connectivity index (χ2n) is 9.89. The second kappa shape index (κ2) is 13.4. The number of rotatable bonds is 12. The van der Waals surface area contributed by atoms with Crippen molar-refractivity contribution in [3.05, 3.63) is 94.6 Å². The zero-order chi connectivity index (χ0) is 29.5. The average Bonchev–Trinajstić information content (AvgIpc) is 3.25. The molecule has 1 aliphatic heterocycles. The number of carbonyl (C=O) groups excluding carboxylic acids is 2. The molecule has 3 aromatic rings. The van der Waals surface area contributed by atoms with Crippen molar-refractivity contribution < 1.29 is 28.9 Å². The van der Waals surface area contributed by atoms with Crippen LogP contribution < -0.4 is 14.2 Å². The van der Waals surface area contributed by atoms with Gasteiger partial charge in [-0.1, -0.05) is 50.2 Å². The molecular formula is C33H38N2O6. The number of Topliss-reactive ketones (excluding diaryl/α,β-unsaturated/α-hetero) is 1. The van der Waals surface area contributed by atoms with E-state index in [1.165, 1.54) is 0 Å². The van der Waals surface area contributed by atoms with Crippen molar-refractivity contribution in [1.82, 2.24) is 9.80 Å². The summed E-state index contributed by atoms with van der Waals surface area (Å²) in [7, 11) is 3.12. The lowest BCUT2D eigenvalue weighted by molar-refractivity contribution is -0.140. The molecule has 1 heterocycles. The lowest BCUT2D eigenvalue weighted by Crippen LogP contribution is -2.38. The number of hydrogen-bond donors (Lipinski definition) is 1. The maximum absolute atomic E-state index is 13.5. The minimum atomic E-state index is -0.801. The van der Waals surface area contributed by atoms with Gasteiger partial charge in [-0.3, -0.25) is 9.59 Å². The van der Waals surface area contributed by atoms with Crippen molar-refractivity contribution in [1.29, 1.82) is 0 Å². The molecule has 41 heavy (non-hydrogen) atoms. The first kappa shape index (κ1) is 29.7. The summed E-state index contributed by atoms with van der Waals surface area (Å²) in [4.78, 5) is 30.6. The molecule has 1 N–H and O–H groups in total. The van der Waals surface area contributed by atoms with Gasteiger partial charge in [0.15, 0.2) is 11.5 Å². The van der Waals surface area contributed by atoms with E-state index in [2.05, 4.69) is 18.7 Å². The Morgan fingerprint density at radius 3 is 2.22 bits per heavy atom. The molecule has 0 radical (unpaired) electrons. The van der Waals surface area contributed by atoms with Crippen LogP contribution in [0.2, 0.25) is 0 Å². The molecule has 0 bridgehead atoms. The Labute approximate surface area is 241 Å². The van der Waals surface area contributed by atoms with Crippen LogP contribution in [-0.4, -0.2) is 67.0 Å². The third kappa shape index (κ3) is 6.38. The van der Waals surface area contributed by atoms with Gasteiger partial charge in [0.05, 0.1) is 25.8 Å². The van der Waals surface area contributed by atoms with Crippen LogP contribution in [0, 0.1) is 6.92 Å². The molecule has 1 aliphatic rings. The van der Waals surface area contributed by atoms with Crippen LogP contribution in [0.5, 0.6) is 17.2 Å². The maximum Gasteiger partial charge on any atom is 0.295 e. The van der Waals surface area contributed by atoms with Crippen molar-refractivity contribution in [2.75, 3.05) is 40.4 Å². The topological polar surface area (TPSA) is 88.5 Å². The largest absolute Gasteiger partial charge is 0.507 e. The Bertz CT molecular complexity index is 1410. The summed E-state index contributed by atoms with van der Waals surface area (Å²) in [5, 5.41) is 11.5. The molecule has 0 saturated carbocycles. The van der Waals surface area contributed by atoms with E-state index in [4.69, 9.17) is 14.2 Å². The fraction of sp³-hybridized carbons (Fsp3) is 0.333. The average molecular weight is 559 g/mol. The molecule has 1 saturated heterocycles. The number of benzene rings is 3. The highest BCUT2D eigenvalue weighted by Crippen LogP contribution is 2.42. The van der Waals surface area contributed by atoms with Crippen LogP contribution in [0.4, 0.5) is 0 Å². The lowest BCUT2D eigenvalue weighted by atomic mass is 9.94. The fourth-order valence-corrected chi connectivity index (χ4v) is 5.14. The number of hydrogen-bond acceptors (Lipinski definition) is 7. The monoisotopic (exact) mass is 558 g/mol. The van der Waals surface area contributed by atoms with Gasteiger partial charge in [0.2, 0.25) is 0 Å². The number of aliphatic hydroxyl groups is 1. The third-order valence-corrected chi connectivity index (χ3v) is 7.50. The number of likely N-dealkylation sites (N-methyl/N-ethyl adjacent to an activating group) is 1. The van der Waals surface area contributed by atoms with Crippen LogP contribution in [0.1, 0.15) is 42.1 Å².